The smallest absolute Gasteiger partial charge is 0.147 e. The van der Waals surface area contributed by atoms with E-state index in [2.05, 4.69) is 15.3 Å². The second-order valence-electron chi connectivity index (χ2n) is 4.23. The summed E-state index contributed by atoms with van der Waals surface area (Å²) >= 11 is 1.67. The van der Waals surface area contributed by atoms with E-state index in [0.29, 0.717) is 6.10 Å². The predicted octanol–water partition coefficient (Wildman–Crippen LogP) is 2.67. The van der Waals surface area contributed by atoms with Gasteiger partial charge >= 0.3 is 0 Å². The summed E-state index contributed by atoms with van der Waals surface area (Å²) in [6.07, 6.45) is 5.54. The molecule has 2 aromatic rings. The molecule has 0 radical (unpaired) electrons. The lowest BCUT2D eigenvalue weighted by Crippen LogP contribution is -2.27. The molecule has 1 atom stereocenters. The van der Waals surface area contributed by atoms with Crippen LogP contribution in [-0.4, -0.2) is 29.2 Å². The molecule has 90 valence electrons. The normalized spacial score (nSPS) is 20.6. The highest BCUT2D eigenvalue weighted by atomic mass is 32.1. The van der Waals surface area contributed by atoms with Crippen LogP contribution in [0.2, 0.25) is 0 Å². The Hall–Kier alpha value is -1.20. The number of anilines is 1. The Balaban J connectivity index is 1.69. The van der Waals surface area contributed by atoms with Crippen LogP contribution in [-0.2, 0) is 4.74 Å². The van der Waals surface area contributed by atoms with Crippen molar-refractivity contribution in [1.82, 2.24) is 9.97 Å². The molecule has 1 saturated heterocycles. The van der Waals surface area contributed by atoms with Crippen molar-refractivity contribution in [2.24, 2.45) is 0 Å². The molecule has 1 unspecified atom stereocenters. The highest BCUT2D eigenvalue weighted by Crippen LogP contribution is 2.25. The fraction of sp³-hybridized carbons (Fsp3) is 0.500. The fourth-order valence-corrected chi connectivity index (χ4v) is 2.90. The molecule has 0 spiro atoms. The summed E-state index contributed by atoms with van der Waals surface area (Å²) in [4.78, 5) is 8.52. The first-order chi connectivity index (χ1) is 8.43. The topological polar surface area (TPSA) is 47.0 Å². The van der Waals surface area contributed by atoms with E-state index >= 15 is 0 Å². The molecule has 1 fully saturated rings. The number of ether oxygens (including phenoxy) is 1. The number of hydrogen-bond acceptors (Lipinski definition) is 5. The molecule has 1 aliphatic rings. The summed E-state index contributed by atoms with van der Waals surface area (Å²) in [6, 6.07) is 2.02. The summed E-state index contributed by atoms with van der Waals surface area (Å²) in [5.74, 6) is 0.930. The van der Waals surface area contributed by atoms with Crippen LogP contribution >= 0.6 is 11.3 Å². The summed E-state index contributed by atoms with van der Waals surface area (Å²) < 4.78 is 6.82. The van der Waals surface area contributed by atoms with Gasteiger partial charge in [0.05, 0.1) is 16.3 Å². The Bertz CT molecular complexity index is 493. The van der Waals surface area contributed by atoms with Crippen molar-refractivity contribution >= 4 is 27.4 Å². The first-order valence-corrected chi connectivity index (χ1v) is 6.85. The molecule has 5 heteroatoms. The number of nitrogens with one attached hydrogen (secondary N) is 1. The second-order valence-corrected chi connectivity index (χ2v) is 5.14. The van der Waals surface area contributed by atoms with Gasteiger partial charge in [-0.2, -0.15) is 0 Å². The molecule has 17 heavy (non-hydrogen) atoms. The Kier molecular flexibility index (Phi) is 3.20. The van der Waals surface area contributed by atoms with E-state index in [1.807, 2.05) is 11.4 Å². The molecule has 1 N–H and O–H groups in total. The van der Waals surface area contributed by atoms with Crippen LogP contribution in [0.25, 0.3) is 10.2 Å². The van der Waals surface area contributed by atoms with Gasteiger partial charge in [-0.05, 0) is 30.7 Å². The van der Waals surface area contributed by atoms with Gasteiger partial charge in [-0.3, -0.25) is 0 Å². The lowest BCUT2D eigenvalue weighted by molar-refractivity contribution is 0.0247. The summed E-state index contributed by atoms with van der Waals surface area (Å²) in [6.45, 7) is 1.73. The third-order valence-electron chi connectivity index (χ3n) is 3.01. The van der Waals surface area contributed by atoms with E-state index in [0.717, 1.165) is 35.6 Å². The number of nitrogens with zero attached hydrogens (tertiary/aromatic N) is 2. The predicted molar refractivity (Wildman–Crippen MR) is 69.5 cm³/mol. The molecule has 3 rings (SSSR count). The number of rotatable bonds is 3. The van der Waals surface area contributed by atoms with Crippen LogP contribution in [0.4, 0.5) is 5.82 Å². The van der Waals surface area contributed by atoms with Gasteiger partial charge in [-0.1, -0.05) is 0 Å². The van der Waals surface area contributed by atoms with E-state index in [1.54, 1.807) is 17.7 Å². The Morgan fingerprint density at radius 2 is 2.41 bits per heavy atom. The van der Waals surface area contributed by atoms with Crippen molar-refractivity contribution in [1.29, 1.82) is 0 Å². The zero-order valence-electron chi connectivity index (χ0n) is 9.56. The maximum atomic E-state index is 5.69. The van der Waals surface area contributed by atoms with Gasteiger partial charge in [0.15, 0.2) is 0 Å². The standard InChI is InChI=1S/C12H15N3OS/c1-2-5-16-9(3-1)7-13-12-11-10(4-6-17-11)14-8-15-12/h4,6,8-9H,1-3,5,7H2,(H,13,14,15). The van der Waals surface area contributed by atoms with Crippen molar-refractivity contribution in [3.8, 4) is 0 Å². The minimum Gasteiger partial charge on any atom is -0.376 e. The molecule has 1 aliphatic heterocycles. The Morgan fingerprint density at radius 3 is 3.29 bits per heavy atom. The Labute approximate surface area is 104 Å². The molecule has 0 saturated carbocycles. The molecule has 0 amide bonds. The molecule has 4 nitrogen and oxygen atoms in total. The monoisotopic (exact) mass is 249 g/mol. The Morgan fingerprint density at radius 1 is 1.41 bits per heavy atom. The maximum absolute atomic E-state index is 5.69. The third kappa shape index (κ3) is 2.40. The summed E-state index contributed by atoms with van der Waals surface area (Å²) in [7, 11) is 0. The van der Waals surface area contributed by atoms with E-state index in [4.69, 9.17) is 4.74 Å². The van der Waals surface area contributed by atoms with Crippen molar-refractivity contribution in [2.75, 3.05) is 18.5 Å². The van der Waals surface area contributed by atoms with Gasteiger partial charge < -0.3 is 10.1 Å². The van der Waals surface area contributed by atoms with E-state index in [-0.39, 0.29) is 0 Å². The van der Waals surface area contributed by atoms with Crippen LogP contribution < -0.4 is 5.32 Å². The average Bonchev–Trinajstić information content (AvgIpc) is 2.86. The average molecular weight is 249 g/mol. The van der Waals surface area contributed by atoms with Crippen LogP contribution in [0.5, 0.6) is 0 Å². The zero-order chi connectivity index (χ0) is 11.5. The molecular formula is C12H15N3OS. The highest BCUT2D eigenvalue weighted by molar-refractivity contribution is 7.17. The minimum atomic E-state index is 0.328. The number of aromatic nitrogens is 2. The first kappa shape index (κ1) is 10.9. The van der Waals surface area contributed by atoms with E-state index in [9.17, 15) is 0 Å². The van der Waals surface area contributed by atoms with Gasteiger partial charge in [0.25, 0.3) is 0 Å². The van der Waals surface area contributed by atoms with Crippen molar-refractivity contribution in [2.45, 2.75) is 25.4 Å². The van der Waals surface area contributed by atoms with E-state index in [1.165, 1.54) is 12.8 Å². The van der Waals surface area contributed by atoms with Gasteiger partial charge in [-0.15, -0.1) is 11.3 Å². The number of thiophene rings is 1. The second kappa shape index (κ2) is 4.98. The van der Waals surface area contributed by atoms with Gasteiger partial charge in [0, 0.05) is 13.2 Å². The number of fused-ring (bicyclic) bond motifs is 1. The van der Waals surface area contributed by atoms with Crippen molar-refractivity contribution in [3.05, 3.63) is 17.8 Å². The van der Waals surface area contributed by atoms with Crippen molar-refractivity contribution < 1.29 is 4.74 Å². The van der Waals surface area contributed by atoms with Gasteiger partial charge in [0.2, 0.25) is 0 Å². The molecule has 3 heterocycles. The van der Waals surface area contributed by atoms with Gasteiger partial charge in [0.1, 0.15) is 12.1 Å². The summed E-state index contributed by atoms with van der Waals surface area (Å²) in [5.41, 5.74) is 1.01. The lowest BCUT2D eigenvalue weighted by atomic mass is 10.1. The van der Waals surface area contributed by atoms with Crippen LogP contribution in [0, 0.1) is 0 Å². The zero-order valence-corrected chi connectivity index (χ0v) is 10.4. The van der Waals surface area contributed by atoms with Crippen molar-refractivity contribution in [3.63, 3.8) is 0 Å². The van der Waals surface area contributed by atoms with Crippen LogP contribution in [0.1, 0.15) is 19.3 Å². The highest BCUT2D eigenvalue weighted by Gasteiger charge is 2.14. The third-order valence-corrected chi connectivity index (χ3v) is 3.92. The molecule has 0 bridgehead atoms. The van der Waals surface area contributed by atoms with Crippen LogP contribution in [0.15, 0.2) is 17.8 Å². The quantitative estimate of drug-likeness (QED) is 0.908. The molecule has 0 aliphatic carbocycles. The maximum Gasteiger partial charge on any atom is 0.147 e. The lowest BCUT2D eigenvalue weighted by Gasteiger charge is -2.22. The minimum absolute atomic E-state index is 0.328. The molecule has 0 aromatic carbocycles. The number of hydrogen-bond donors (Lipinski definition) is 1. The molecular weight excluding hydrogens is 234 g/mol. The van der Waals surface area contributed by atoms with Gasteiger partial charge in [-0.25, -0.2) is 9.97 Å². The van der Waals surface area contributed by atoms with E-state index < -0.39 is 0 Å². The first-order valence-electron chi connectivity index (χ1n) is 5.97. The molecule has 2 aromatic heterocycles. The largest absolute Gasteiger partial charge is 0.376 e. The fourth-order valence-electron chi connectivity index (χ4n) is 2.09. The SMILES string of the molecule is c1nc(NCC2CCCCO2)c2sccc2n1. The summed E-state index contributed by atoms with van der Waals surface area (Å²) in [5, 5.41) is 5.42. The van der Waals surface area contributed by atoms with Crippen LogP contribution in [0.3, 0.4) is 0 Å².